The molecule has 0 amide bonds. The standard InChI is InChI=1S/C8H6F3N/c9-8(10,11)7-4-2-1-3-6(7)5-12/h2,4H,1,3H2. The molecule has 0 fully saturated rings. The summed E-state index contributed by atoms with van der Waals surface area (Å²) in [5, 5.41) is 8.38. The van der Waals surface area contributed by atoms with E-state index in [1.807, 2.05) is 0 Å². The summed E-state index contributed by atoms with van der Waals surface area (Å²) in [6, 6.07) is 1.57. The minimum atomic E-state index is -4.39. The van der Waals surface area contributed by atoms with Gasteiger partial charge in [0.15, 0.2) is 0 Å². The van der Waals surface area contributed by atoms with Gasteiger partial charge in [0.1, 0.15) is 0 Å². The third-order valence-electron chi connectivity index (χ3n) is 1.61. The fraction of sp³-hybridized carbons (Fsp3) is 0.375. The summed E-state index contributed by atoms with van der Waals surface area (Å²) >= 11 is 0. The van der Waals surface area contributed by atoms with Crippen LogP contribution >= 0.6 is 0 Å². The Bertz CT molecular complexity index is 278. The van der Waals surface area contributed by atoms with Crippen molar-refractivity contribution in [3.63, 3.8) is 0 Å². The van der Waals surface area contributed by atoms with Gasteiger partial charge in [-0.15, -0.1) is 0 Å². The van der Waals surface area contributed by atoms with Crippen molar-refractivity contribution >= 4 is 0 Å². The number of nitrogens with zero attached hydrogens (tertiary/aromatic N) is 1. The second kappa shape index (κ2) is 3.02. The third-order valence-corrected chi connectivity index (χ3v) is 1.61. The van der Waals surface area contributed by atoms with Crippen molar-refractivity contribution in [2.45, 2.75) is 19.0 Å². The quantitative estimate of drug-likeness (QED) is 0.552. The van der Waals surface area contributed by atoms with Crippen LogP contribution in [0.1, 0.15) is 12.8 Å². The third kappa shape index (κ3) is 1.67. The van der Waals surface area contributed by atoms with E-state index in [4.69, 9.17) is 5.26 Å². The Hall–Kier alpha value is -1.24. The first-order chi connectivity index (χ1) is 5.55. The Morgan fingerprint density at radius 1 is 1.42 bits per heavy atom. The molecule has 1 aliphatic carbocycles. The molecule has 0 saturated carbocycles. The van der Waals surface area contributed by atoms with E-state index in [1.165, 1.54) is 6.08 Å². The van der Waals surface area contributed by atoms with E-state index in [1.54, 1.807) is 6.07 Å². The zero-order valence-electron chi connectivity index (χ0n) is 6.15. The van der Waals surface area contributed by atoms with Crippen molar-refractivity contribution in [2.24, 2.45) is 0 Å². The normalized spacial score (nSPS) is 17.8. The summed E-state index contributed by atoms with van der Waals surface area (Å²) in [4.78, 5) is 0. The number of halogens is 3. The number of hydrogen-bond acceptors (Lipinski definition) is 1. The molecule has 1 aliphatic rings. The van der Waals surface area contributed by atoms with Crippen LogP contribution in [0.3, 0.4) is 0 Å². The van der Waals surface area contributed by atoms with Gasteiger partial charge in [-0.1, -0.05) is 12.2 Å². The highest BCUT2D eigenvalue weighted by atomic mass is 19.4. The molecule has 0 aromatic rings. The molecule has 12 heavy (non-hydrogen) atoms. The fourth-order valence-corrected chi connectivity index (χ4v) is 1.05. The van der Waals surface area contributed by atoms with Crippen molar-refractivity contribution in [3.05, 3.63) is 23.3 Å². The van der Waals surface area contributed by atoms with Gasteiger partial charge in [0.25, 0.3) is 0 Å². The van der Waals surface area contributed by atoms with Gasteiger partial charge in [-0.25, -0.2) is 0 Å². The summed E-state index contributed by atoms with van der Waals surface area (Å²) in [5.74, 6) is 0. The molecular weight excluding hydrogens is 167 g/mol. The lowest BCUT2D eigenvalue weighted by Crippen LogP contribution is -2.13. The lowest BCUT2D eigenvalue weighted by Gasteiger charge is -2.12. The SMILES string of the molecule is N#CC1=C(C(F)(F)F)C=CCC1. The average molecular weight is 173 g/mol. The summed E-state index contributed by atoms with van der Waals surface area (Å²) in [6.45, 7) is 0. The van der Waals surface area contributed by atoms with Crippen molar-refractivity contribution in [1.29, 1.82) is 5.26 Å². The molecule has 1 rings (SSSR count). The molecular formula is C8H6F3N. The molecule has 0 unspecified atom stereocenters. The molecule has 1 nitrogen and oxygen atoms in total. The summed E-state index contributed by atoms with van der Waals surface area (Å²) in [7, 11) is 0. The molecule has 0 aromatic carbocycles. The van der Waals surface area contributed by atoms with Gasteiger partial charge < -0.3 is 0 Å². The Morgan fingerprint density at radius 3 is 2.50 bits per heavy atom. The Morgan fingerprint density at radius 2 is 2.08 bits per heavy atom. The predicted molar refractivity (Wildman–Crippen MR) is 37.1 cm³/mol. The summed E-state index contributed by atoms with van der Waals surface area (Å²) in [5.41, 5.74) is -0.957. The summed E-state index contributed by atoms with van der Waals surface area (Å²) < 4.78 is 36.4. The number of alkyl halides is 3. The molecule has 0 heterocycles. The van der Waals surface area contributed by atoms with Gasteiger partial charge >= 0.3 is 6.18 Å². The van der Waals surface area contributed by atoms with Gasteiger partial charge in [-0.05, 0) is 12.8 Å². The van der Waals surface area contributed by atoms with Crippen LogP contribution in [0.4, 0.5) is 13.2 Å². The van der Waals surface area contributed by atoms with E-state index in [0.717, 1.165) is 6.08 Å². The molecule has 0 aliphatic heterocycles. The van der Waals surface area contributed by atoms with Gasteiger partial charge in [-0.3, -0.25) is 0 Å². The maximum absolute atomic E-state index is 12.1. The molecule has 0 saturated heterocycles. The molecule has 0 aromatic heterocycles. The van der Waals surface area contributed by atoms with E-state index in [9.17, 15) is 13.2 Å². The van der Waals surface area contributed by atoms with Crippen molar-refractivity contribution in [3.8, 4) is 6.07 Å². The molecule has 0 N–H and O–H groups in total. The van der Waals surface area contributed by atoms with Crippen LogP contribution < -0.4 is 0 Å². The topological polar surface area (TPSA) is 23.8 Å². The maximum atomic E-state index is 12.1. The number of allylic oxidation sites excluding steroid dienone is 4. The second-order valence-electron chi connectivity index (χ2n) is 2.44. The molecule has 0 atom stereocenters. The van der Waals surface area contributed by atoms with E-state index >= 15 is 0 Å². The van der Waals surface area contributed by atoms with Crippen LogP contribution in [-0.2, 0) is 0 Å². The van der Waals surface area contributed by atoms with Crippen LogP contribution in [0.15, 0.2) is 23.3 Å². The summed E-state index contributed by atoms with van der Waals surface area (Å²) in [6.07, 6.45) is -1.27. The molecule has 0 bridgehead atoms. The zero-order valence-corrected chi connectivity index (χ0v) is 6.15. The monoisotopic (exact) mass is 173 g/mol. The minimum absolute atomic E-state index is 0.162. The number of rotatable bonds is 0. The molecule has 0 radical (unpaired) electrons. The Kier molecular flexibility index (Phi) is 2.22. The highest BCUT2D eigenvalue weighted by Gasteiger charge is 2.35. The smallest absolute Gasteiger partial charge is 0.193 e. The van der Waals surface area contributed by atoms with Crippen LogP contribution in [-0.4, -0.2) is 6.18 Å². The second-order valence-corrected chi connectivity index (χ2v) is 2.44. The predicted octanol–water partition coefficient (Wildman–Crippen LogP) is 2.72. The van der Waals surface area contributed by atoms with Crippen LogP contribution in [0.25, 0.3) is 0 Å². The van der Waals surface area contributed by atoms with Gasteiger partial charge in [0.05, 0.1) is 11.6 Å². The minimum Gasteiger partial charge on any atom is -0.193 e. The first kappa shape index (κ1) is 8.85. The van der Waals surface area contributed by atoms with Crippen molar-refractivity contribution in [1.82, 2.24) is 0 Å². The first-order valence-electron chi connectivity index (χ1n) is 3.42. The highest BCUT2D eigenvalue weighted by molar-refractivity contribution is 5.40. The van der Waals surface area contributed by atoms with Crippen LogP contribution in [0.2, 0.25) is 0 Å². The fourth-order valence-electron chi connectivity index (χ4n) is 1.05. The lowest BCUT2D eigenvalue weighted by atomic mass is 9.98. The maximum Gasteiger partial charge on any atom is 0.417 e. The lowest BCUT2D eigenvalue weighted by molar-refractivity contribution is -0.0890. The molecule has 0 spiro atoms. The van der Waals surface area contributed by atoms with E-state index in [0.29, 0.717) is 6.42 Å². The van der Waals surface area contributed by atoms with Gasteiger partial charge in [0.2, 0.25) is 0 Å². The largest absolute Gasteiger partial charge is 0.417 e. The average Bonchev–Trinajstić information content (AvgIpc) is 2.03. The molecule has 4 heteroatoms. The Balaban J connectivity index is 3.07. The van der Waals surface area contributed by atoms with E-state index in [-0.39, 0.29) is 12.0 Å². The highest BCUT2D eigenvalue weighted by Crippen LogP contribution is 2.32. The van der Waals surface area contributed by atoms with E-state index in [2.05, 4.69) is 0 Å². The van der Waals surface area contributed by atoms with Crippen molar-refractivity contribution < 1.29 is 13.2 Å². The zero-order chi connectivity index (χ0) is 9.19. The first-order valence-corrected chi connectivity index (χ1v) is 3.42. The van der Waals surface area contributed by atoms with Gasteiger partial charge in [0, 0.05) is 5.57 Å². The number of hydrogen-bond donors (Lipinski definition) is 0. The van der Waals surface area contributed by atoms with E-state index < -0.39 is 11.7 Å². The number of nitriles is 1. The Labute approximate surface area is 67.8 Å². The van der Waals surface area contributed by atoms with Crippen molar-refractivity contribution in [2.75, 3.05) is 0 Å². The molecule has 64 valence electrons. The van der Waals surface area contributed by atoms with Gasteiger partial charge in [-0.2, -0.15) is 18.4 Å². The van der Waals surface area contributed by atoms with Crippen LogP contribution in [0.5, 0.6) is 0 Å². The van der Waals surface area contributed by atoms with Crippen LogP contribution in [0, 0.1) is 11.3 Å².